The van der Waals surface area contributed by atoms with Gasteiger partial charge in [-0.25, -0.2) is 0 Å². The molecule has 11 atom stereocenters. The predicted molar refractivity (Wildman–Crippen MR) is 191 cm³/mol. The minimum Gasteiger partial charge on any atom is -0.504 e. The van der Waals surface area contributed by atoms with Crippen LogP contribution in [0.3, 0.4) is 0 Å². The number of aliphatic hydroxyl groups excluding tert-OH is 7. The molecule has 11 N–H and O–H groups in total. The molecule has 59 heavy (non-hydrogen) atoms. The highest BCUT2D eigenvalue weighted by molar-refractivity contribution is 5.96. The predicted octanol–water partition coefficient (Wildman–Crippen LogP) is -2.79. The number of esters is 2. The summed E-state index contributed by atoms with van der Waals surface area (Å²) in [6, 6.07) is 3.64. The lowest BCUT2D eigenvalue weighted by Gasteiger charge is -2.40. The number of benzene rings is 2. The van der Waals surface area contributed by atoms with Crippen LogP contribution in [-0.4, -0.2) is 170 Å². The number of aromatic hydroxyl groups is 3. The fourth-order valence-electron chi connectivity index (χ4n) is 6.34. The van der Waals surface area contributed by atoms with Crippen molar-refractivity contribution in [2.75, 3.05) is 34.5 Å². The Hall–Kier alpha value is -5.21. The SMILES string of the molecule is COc1cc(-c2oc3c(OC)c(O)c(OC)c(O)c3c(=O)c2O[C@@H]2O[C@H](COC(=O)CC(C)(O)CC(=O)O[C@H]3O[C@H](CO)[C@@H](O)[C@H](O)[C@H]3O)[C@@H](O)[C@H](O)[C@H]2O)ccc1O. The topological polar surface area (TPSA) is 361 Å². The Kier molecular flexibility index (Phi) is 13.7. The molecule has 0 radical (unpaired) electrons. The third-order valence-corrected chi connectivity index (χ3v) is 9.47. The van der Waals surface area contributed by atoms with E-state index >= 15 is 0 Å². The first-order valence-electron chi connectivity index (χ1n) is 17.6. The molecule has 23 nitrogen and oxygen atoms in total. The molecular weight excluding hydrogens is 800 g/mol. The third kappa shape index (κ3) is 9.03. The minimum atomic E-state index is -2.18. The van der Waals surface area contributed by atoms with Gasteiger partial charge in [0.25, 0.3) is 0 Å². The van der Waals surface area contributed by atoms with E-state index in [1.165, 1.54) is 25.3 Å². The van der Waals surface area contributed by atoms with E-state index in [-0.39, 0.29) is 17.1 Å². The van der Waals surface area contributed by atoms with Gasteiger partial charge in [0.15, 0.2) is 28.6 Å². The minimum absolute atomic E-state index is 0.0222. The summed E-state index contributed by atoms with van der Waals surface area (Å²) in [4.78, 5) is 39.5. The summed E-state index contributed by atoms with van der Waals surface area (Å²) in [5.74, 6) is -6.85. The highest BCUT2D eigenvalue weighted by atomic mass is 16.7. The Bertz CT molecular complexity index is 2060. The zero-order chi connectivity index (χ0) is 43.7. The summed E-state index contributed by atoms with van der Waals surface area (Å²) in [5, 5.41) is 114. The van der Waals surface area contributed by atoms with E-state index in [4.69, 9.17) is 42.3 Å². The summed E-state index contributed by atoms with van der Waals surface area (Å²) in [6.07, 6.45) is -20.5. The summed E-state index contributed by atoms with van der Waals surface area (Å²) < 4.78 is 48.0. The number of rotatable bonds is 14. The average molecular weight is 845 g/mol. The number of methoxy groups -OCH3 is 3. The molecule has 2 saturated heterocycles. The van der Waals surface area contributed by atoms with Crippen molar-refractivity contribution >= 4 is 22.9 Å². The second-order valence-electron chi connectivity index (χ2n) is 13.8. The van der Waals surface area contributed by atoms with Crippen LogP contribution in [0.1, 0.15) is 19.8 Å². The fourth-order valence-corrected chi connectivity index (χ4v) is 6.34. The summed E-state index contributed by atoms with van der Waals surface area (Å²) in [6.45, 7) is -0.639. The number of hydrogen-bond donors (Lipinski definition) is 11. The van der Waals surface area contributed by atoms with E-state index < -0.39 is 156 Å². The first-order chi connectivity index (χ1) is 27.8. The molecule has 0 aliphatic carbocycles. The van der Waals surface area contributed by atoms with Gasteiger partial charge in [0, 0.05) is 5.56 Å². The Balaban J connectivity index is 1.36. The standard InChI is InChI=1S/C36H44O23/c1-36(50,9-18(40)57-34-26(47)24(45)20(41)15(10-37)55-34)8-17(39)54-11-16-21(42)25(46)27(48)35(56-16)59-33-23(44)19-22(43)31(52-3)28(49)32(53-4)30(19)58-29(33)12-5-6-13(38)14(7-12)51-2/h5-7,15-16,20-21,24-27,34-35,37-38,41-43,45-50H,8-11H2,1-4H3/t15-,16-,20-,21-,24+,25+,26-,27-,34-,35+,36?/m1/s1. The molecule has 0 bridgehead atoms. The molecule has 0 amide bonds. The van der Waals surface area contributed by atoms with Crippen LogP contribution in [0.4, 0.5) is 0 Å². The molecule has 326 valence electrons. The summed E-state index contributed by atoms with van der Waals surface area (Å²) in [7, 11) is 3.42. The Labute approximate surface area is 332 Å². The van der Waals surface area contributed by atoms with Crippen LogP contribution in [0.25, 0.3) is 22.3 Å². The van der Waals surface area contributed by atoms with Crippen molar-refractivity contribution in [1.29, 1.82) is 0 Å². The highest BCUT2D eigenvalue weighted by Crippen LogP contribution is 2.51. The maximum Gasteiger partial charge on any atom is 0.311 e. The van der Waals surface area contributed by atoms with E-state index in [9.17, 15) is 70.6 Å². The second-order valence-corrected chi connectivity index (χ2v) is 13.8. The molecule has 23 heteroatoms. The van der Waals surface area contributed by atoms with Crippen LogP contribution in [0.2, 0.25) is 0 Å². The van der Waals surface area contributed by atoms with Gasteiger partial charge in [-0.2, -0.15) is 0 Å². The molecule has 5 rings (SSSR count). The van der Waals surface area contributed by atoms with Gasteiger partial charge < -0.3 is 98.5 Å². The van der Waals surface area contributed by atoms with E-state index in [0.29, 0.717) is 0 Å². The van der Waals surface area contributed by atoms with Crippen molar-refractivity contribution in [3.8, 4) is 51.6 Å². The van der Waals surface area contributed by atoms with E-state index in [2.05, 4.69) is 0 Å². The second kappa shape index (κ2) is 18.0. The fraction of sp³-hybridized carbons (Fsp3) is 0.528. The zero-order valence-corrected chi connectivity index (χ0v) is 31.7. The lowest BCUT2D eigenvalue weighted by Crippen LogP contribution is -2.60. The average Bonchev–Trinajstić information content (AvgIpc) is 3.18. The summed E-state index contributed by atoms with van der Waals surface area (Å²) >= 11 is 0. The van der Waals surface area contributed by atoms with Crippen molar-refractivity contribution in [2.24, 2.45) is 0 Å². The lowest BCUT2D eigenvalue weighted by atomic mass is 9.97. The van der Waals surface area contributed by atoms with Crippen LogP contribution in [-0.2, 0) is 28.5 Å². The summed E-state index contributed by atoms with van der Waals surface area (Å²) in [5.41, 5.74) is -3.88. The van der Waals surface area contributed by atoms with Crippen LogP contribution in [0.15, 0.2) is 27.4 Å². The van der Waals surface area contributed by atoms with Gasteiger partial charge in [-0.15, -0.1) is 0 Å². The molecule has 2 aromatic carbocycles. The van der Waals surface area contributed by atoms with Crippen LogP contribution in [0, 0.1) is 0 Å². The molecule has 3 aromatic rings. The quantitative estimate of drug-likeness (QED) is 0.0730. The molecule has 0 saturated carbocycles. The molecule has 2 fully saturated rings. The molecule has 0 spiro atoms. The number of fused-ring (bicyclic) bond motifs is 1. The molecule has 2 aliphatic rings. The monoisotopic (exact) mass is 844 g/mol. The smallest absolute Gasteiger partial charge is 0.311 e. The number of carbonyl (C=O) groups excluding carboxylic acids is 2. The third-order valence-electron chi connectivity index (χ3n) is 9.47. The number of ether oxygens (including phenoxy) is 8. The maximum absolute atomic E-state index is 14.2. The van der Waals surface area contributed by atoms with Crippen molar-refractivity contribution in [3.05, 3.63) is 28.4 Å². The van der Waals surface area contributed by atoms with Crippen LogP contribution in [0.5, 0.6) is 40.2 Å². The van der Waals surface area contributed by atoms with Crippen LogP contribution < -0.4 is 24.4 Å². The number of phenols is 3. The van der Waals surface area contributed by atoms with Gasteiger partial charge >= 0.3 is 11.9 Å². The number of aliphatic hydroxyl groups is 8. The van der Waals surface area contributed by atoms with E-state index in [0.717, 1.165) is 21.1 Å². The number of phenolic OH excluding ortho intramolecular Hbond substituents is 3. The molecular formula is C36H44O23. The van der Waals surface area contributed by atoms with Gasteiger partial charge in [-0.3, -0.25) is 14.4 Å². The maximum atomic E-state index is 14.2. The van der Waals surface area contributed by atoms with Crippen molar-refractivity contribution < 1.29 is 108 Å². The van der Waals surface area contributed by atoms with E-state index in [1.54, 1.807) is 0 Å². The Morgan fingerprint density at radius 2 is 1.34 bits per heavy atom. The van der Waals surface area contributed by atoms with E-state index in [1.807, 2.05) is 0 Å². The lowest BCUT2D eigenvalue weighted by molar-refractivity contribution is -0.293. The largest absolute Gasteiger partial charge is 0.504 e. The van der Waals surface area contributed by atoms with Gasteiger partial charge in [-0.1, -0.05) is 0 Å². The van der Waals surface area contributed by atoms with Gasteiger partial charge in [0.2, 0.25) is 41.0 Å². The molecule has 3 heterocycles. The van der Waals surface area contributed by atoms with Gasteiger partial charge in [0.05, 0.1) is 46.4 Å². The zero-order valence-electron chi connectivity index (χ0n) is 31.7. The van der Waals surface area contributed by atoms with Gasteiger partial charge in [0.1, 0.15) is 60.8 Å². The Morgan fingerprint density at radius 3 is 1.95 bits per heavy atom. The van der Waals surface area contributed by atoms with Crippen molar-refractivity contribution in [2.45, 2.75) is 86.8 Å². The first kappa shape index (κ1) is 44.9. The van der Waals surface area contributed by atoms with Crippen molar-refractivity contribution in [3.63, 3.8) is 0 Å². The highest BCUT2D eigenvalue weighted by Gasteiger charge is 2.48. The molecule has 1 aromatic heterocycles. The number of hydrogen-bond acceptors (Lipinski definition) is 23. The Morgan fingerprint density at radius 1 is 0.746 bits per heavy atom. The molecule has 2 aliphatic heterocycles. The molecule has 1 unspecified atom stereocenters. The van der Waals surface area contributed by atoms with Crippen LogP contribution >= 0.6 is 0 Å². The number of carbonyl (C=O) groups is 2. The first-order valence-corrected chi connectivity index (χ1v) is 17.6. The normalized spacial score (nSPS) is 28.0. The van der Waals surface area contributed by atoms with Crippen molar-refractivity contribution in [1.82, 2.24) is 0 Å². The van der Waals surface area contributed by atoms with Gasteiger partial charge in [-0.05, 0) is 25.1 Å².